The molecule has 206 valence electrons. The van der Waals surface area contributed by atoms with Gasteiger partial charge in [-0.25, -0.2) is 0 Å². The fourth-order valence-electron chi connectivity index (χ4n) is 4.52. The number of alkyl halides is 1. The van der Waals surface area contributed by atoms with Crippen LogP contribution in [0.4, 0.5) is 0 Å². The largest absolute Gasteiger partial charge is 0.0928 e. The first-order valence-corrected chi connectivity index (χ1v) is 17.5. The van der Waals surface area contributed by atoms with Crippen LogP contribution in [0.25, 0.3) is 0 Å². The fourth-order valence-corrected chi connectivity index (χ4v) is 7.22. The second-order valence-electron chi connectivity index (χ2n) is 9.97. The highest BCUT2D eigenvalue weighted by Crippen LogP contribution is 2.32. The molecular weight excluding hydrogens is 543 g/mol. The maximum absolute atomic E-state index is 3.48. The average molecular weight is 594 g/mol. The third kappa shape index (κ3) is 15.0. The van der Waals surface area contributed by atoms with Crippen LogP contribution >= 0.6 is 23.9 Å². The van der Waals surface area contributed by atoms with Crippen molar-refractivity contribution >= 4 is 39.8 Å². The van der Waals surface area contributed by atoms with E-state index in [2.05, 4.69) is 126 Å². The van der Waals surface area contributed by atoms with Crippen LogP contribution in [0.15, 0.2) is 103 Å². The van der Waals surface area contributed by atoms with E-state index in [1.54, 1.807) is 0 Å². The van der Waals surface area contributed by atoms with Crippen molar-refractivity contribution in [1.29, 1.82) is 0 Å². The van der Waals surface area contributed by atoms with Gasteiger partial charge in [0.25, 0.3) is 0 Å². The minimum atomic E-state index is -0.446. The molecule has 0 N–H and O–H groups in total. The summed E-state index contributed by atoms with van der Waals surface area (Å²) in [6.07, 6.45) is 24.3. The van der Waals surface area contributed by atoms with Gasteiger partial charge in [0.1, 0.15) is 0 Å². The zero-order chi connectivity index (χ0) is 26.9. The molecule has 0 heterocycles. The average Bonchev–Trinajstić information content (AvgIpc) is 2.97. The van der Waals surface area contributed by atoms with E-state index in [0.29, 0.717) is 0 Å². The summed E-state index contributed by atoms with van der Waals surface area (Å²) in [7, 11) is -0.446. The summed E-state index contributed by atoms with van der Waals surface area (Å²) in [6, 6.07) is 32.3. The van der Waals surface area contributed by atoms with Crippen LogP contribution in [0.1, 0.15) is 96.8 Å². The van der Waals surface area contributed by atoms with Gasteiger partial charge < -0.3 is 0 Å². The summed E-state index contributed by atoms with van der Waals surface area (Å²) >= 11 is 3.48. The molecular formula is C36H50BrP. The Labute approximate surface area is 244 Å². The number of allylic oxidation sites excluding steroid dienone is 2. The standard InChI is InChI=1S/C18H35Br.C18H15P/c1-2-3-4-5-6-7-8-9-10-11-12-13-14-15-16-17-18-19;1-4-10-16(11-5-1)19(17-12-6-2-7-13-17)18-14-8-3-9-15-18/h9-10H,2-8,11-18H2,1H3;1-15H/b10-9+;. The molecule has 0 saturated carbocycles. The first kappa shape index (κ1) is 32.5. The Morgan fingerprint density at radius 2 is 0.816 bits per heavy atom. The normalized spacial score (nSPS) is 11.0. The van der Waals surface area contributed by atoms with E-state index in [9.17, 15) is 0 Å². The molecule has 2 heteroatoms. The Morgan fingerprint density at radius 3 is 1.18 bits per heavy atom. The number of halogens is 1. The molecule has 0 unspecified atom stereocenters. The van der Waals surface area contributed by atoms with Gasteiger partial charge in [0.15, 0.2) is 0 Å². The Bertz CT molecular complexity index is 829. The topological polar surface area (TPSA) is 0 Å². The van der Waals surface area contributed by atoms with Gasteiger partial charge in [-0.15, -0.1) is 0 Å². The van der Waals surface area contributed by atoms with Crippen molar-refractivity contribution in [2.45, 2.75) is 96.8 Å². The SMILES string of the molecule is CCCCCCCC/C=C/CCCCCCCCBr.c1ccc(P(c2ccccc2)c2ccccc2)cc1. The molecule has 0 aliphatic carbocycles. The van der Waals surface area contributed by atoms with Gasteiger partial charge in [0, 0.05) is 5.33 Å². The van der Waals surface area contributed by atoms with Crippen molar-refractivity contribution in [3.8, 4) is 0 Å². The Balaban J connectivity index is 0.000000267. The van der Waals surface area contributed by atoms with E-state index in [4.69, 9.17) is 0 Å². The molecule has 3 rings (SSSR count). The van der Waals surface area contributed by atoms with Crippen LogP contribution in [-0.2, 0) is 0 Å². The highest BCUT2D eigenvalue weighted by atomic mass is 79.9. The van der Waals surface area contributed by atoms with Crippen LogP contribution in [0.5, 0.6) is 0 Å². The van der Waals surface area contributed by atoms with Crippen LogP contribution in [-0.4, -0.2) is 5.33 Å². The molecule has 0 saturated heterocycles. The van der Waals surface area contributed by atoms with Gasteiger partial charge in [-0.05, 0) is 55.9 Å². The minimum absolute atomic E-state index is 0.446. The van der Waals surface area contributed by atoms with Gasteiger partial charge in [-0.3, -0.25) is 0 Å². The number of hydrogen-bond acceptors (Lipinski definition) is 0. The number of benzene rings is 3. The summed E-state index contributed by atoms with van der Waals surface area (Å²) in [6.45, 7) is 2.28. The van der Waals surface area contributed by atoms with Crippen molar-refractivity contribution in [3.63, 3.8) is 0 Å². The van der Waals surface area contributed by atoms with Crippen molar-refractivity contribution in [2.24, 2.45) is 0 Å². The summed E-state index contributed by atoms with van der Waals surface area (Å²) in [5.74, 6) is 0. The fraction of sp³-hybridized carbons (Fsp3) is 0.444. The first-order valence-electron chi connectivity index (χ1n) is 15.0. The van der Waals surface area contributed by atoms with Crippen molar-refractivity contribution in [3.05, 3.63) is 103 Å². The van der Waals surface area contributed by atoms with E-state index in [1.807, 2.05) is 0 Å². The first-order chi connectivity index (χ1) is 18.9. The molecule has 0 nitrogen and oxygen atoms in total. The summed E-state index contributed by atoms with van der Waals surface area (Å²) < 4.78 is 0. The monoisotopic (exact) mass is 592 g/mol. The van der Waals surface area contributed by atoms with Crippen molar-refractivity contribution in [2.75, 3.05) is 5.33 Å². The maximum atomic E-state index is 3.48. The number of hydrogen-bond donors (Lipinski definition) is 0. The smallest absolute Gasteiger partial charge is 0.00313 e. The van der Waals surface area contributed by atoms with Crippen LogP contribution in [0.2, 0.25) is 0 Å². The highest BCUT2D eigenvalue weighted by molar-refractivity contribution is 9.09. The lowest BCUT2D eigenvalue weighted by Crippen LogP contribution is -2.20. The van der Waals surface area contributed by atoms with Gasteiger partial charge in [0.05, 0.1) is 0 Å². The molecule has 0 spiro atoms. The van der Waals surface area contributed by atoms with Crippen LogP contribution in [0, 0.1) is 0 Å². The predicted octanol–water partition coefficient (Wildman–Crippen LogP) is 10.9. The van der Waals surface area contributed by atoms with Crippen molar-refractivity contribution < 1.29 is 0 Å². The number of rotatable bonds is 18. The van der Waals surface area contributed by atoms with Crippen LogP contribution in [0.3, 0.4) is 0 Å². The van der Waals surface area contributed by atoms with Gasteiger partial charge >= 0.3 is 0 Å². The molecule has 0 radical (unpaired) electrons. The number of unbranched alkanes of at least 4 members (excludes halogenated alkanes) is 12. The van der Waals surface area contributed by atoms with E-state index >= 15 is 0 Å². The molecule has 38 heavy (non-hydrogen) atoms. The summed E-state index contributed by atoms with van der Waals surface area (Å²) in [4.78, 5) is 0. The molecule has 0 bridgehead atoms. The van der Waals surface area contributed by atoms with E-state index in [1.165, 1.54) is 111 Å². The summed E-state index contributed by atoms with van der Waals surface area (Å²) in [5, 5.41) is 5.37. The molecule has 3 aromatic carbocycles. The second kappa shape index (κ2) is 23.2. The lowest BCUT2D eigenvalue weighted by Gasteiger charge is -2.18. The zero-order valence-corrected chi connectivity index (χ0v) is 26.2. The van der Waals surface area contributed by atoms with Gasteiger partial charge in [0.2, 0.25) is 0 Å². The summed E-state index contributed by atoms with van der Waals surface area (Å²) in [5.41, 5.74) is 0. The minimum Gasteiger partial charge on any atom is -0.0928 e. The second-order valence-corrected chi connectivity index (χ2v) is 13.0. The van der Waals surface area contributed by atoms with Gasteiger partial charge in [-0.2, -0.15) is 0 Å². The van der Waals surface area contributed by atoms with E-state index in [-0.39, 0.29) is 0 Å². The molecule has 0 aromatic heterocycles. The quantitative estimate of drug-likeness (QED) is 0.0596. The van der Waals surface area contributed by atoms with Crippen LogP contribution < -0.4 is 15.9 Å². The third-order valence-electron chi connectivity index (χ3n) is 6.69. The molecule has 0 aliphatic rings. The third-order valence-corrected chi connectivity index (χ3v) is 9.69. The highest BCUT2D eigenvalue weighted by Gasteiger charge is 2.15. The molecule has 0 aliphatic heterocycles. The van der Waals surface area contributed by atoms with Crippen molar-refractivity contribution in [1.82, 2.24) is 0 Å². The van der Waals surface area contributed by atoms with Gasteiger partial charge in [-0.1, -0.05) is 184 Å². The zero-order valence-electron chi connectivity index (χ0n) is 23.7. The predicted molar refractivity (Wildman–Crippen MR) is 178 cm³/mol. The lowest BCUT2D eigenvalue weighted by molar-refractivity contribution is 0.607. The van der Waals surface area contributed by atoms with E-state index in [0.717, 1.165) is 0 Å². The Kier molecular flexibility index (Phi) is 19.9. The molecule has 0 fully saturated rings. The Morgan fingerprint density at radius 1 is 0.474 bits per heavy atom. The molecule has 0 amide bonds. The molecule has 0 atom stereocenters. The van der Waals surface area contributed by atoms with E-state index < -0.39 is 7.92 Å². The molecule has 3 aromatic rings. The maximum Gasteiger partial charge on any atom is 0.00313 e. The Hall–Kier alpha value is -1.69. The lowest BCUT2D eigenvalue weighted by atomic mass is 10.1.